The summed E-state index contributed by atoms with van der Waals surface area (Å²) in [5.74, 6) is 1.03. The number of amides is 1. The Morgan fingerprint density at radius 1 is 1.13 bits per heavy atom. The van der Waals surface area contributed by atoms with E-state index in [2.05, 4.69) is 34.6 Å². The number of carbonyl (C=O) groups is 1. The molecule has 0 bridgehead atoms. The summed E-state index contributed by atoms with van der Waals surface area (Å²) in [6.45, 7) is 7.88. The molecule has 0 N–H and O–H groups in total. The first-order valence-corrected chi connectivity index (χ1v) is 10.7. The van der Waals surface area contributed by atoms with Crippen LogP contribution in [0, 0.1) is 0 Å². The van der Waals surface area contributed by atoms with Gasteiger partial charge in [0.2, 0.25) is 5.91 Å². The Labute approximate surface area is 178 Å². The van der Waals surface area contributed by atoms with Crippen LogP contribution in [0.2, 0.25) is 0 Å². The molecular formula is C24H30N4O2. The third kappa shape index (κ3) is 3.92. The van der Waals surface area contributed by atoms with Gasteiger partial charge in [-0.25, -0.2) is 4.98 Å². The highest BCUT2D eigenvalue weighted by Crippen LogP contribution is 2.26. The van der Waals surface area contributed by atoms with Crippen molar-refractivity contribution in [3.8, 4) is 0 Å². The van der Waals surface area contributed by atoms with Crippen molar-refractivity contribution < 1.29 is 9.53 Å². The van der Waals surface area contributed by atoms with E-state index in [1.807, 2.05) is 49.2 Å². The van der Waals surface area contributed by atoms with Gasteiger partial charge in [-0.2, -0.15) is 0 Å². The molecule has 1 saturated heterocycles. The van der Waals surface area contributed by atoms with E-state index in [1.54, 1.807) is 0 Å². The molecule has 2 aromatic carbocycles. The van der Waals surface area contributed by atoms with Crippen LogP contribution in [0.4, 0.5) is 5.69 Å². The molecule has 1 aromatic heterocycles. The number of aromatic nitrogens is 2. The molecule has 6 nitrogen and oxygen atoms in total. The van der Waals surface area contributed by atoms with E-state index in [-0.39, 0.29) is 11.9 Å². The molecule has 4 rings (SSSR count). The molecule has 1 amide bonds. The second kappa shape index (κ2) is 8.88. The van der Waals surface area contributed by atoms with Crippen LogP contribution in [0.5, 0.6) is 0 Å². The lowest BCUT2D eigenvalue weighted by atomic mass is 10.1. The van der Waals surface area contributed by atoms with Gasteiger partial charge in [-0.3, -0.25) is 4.79 Å². The normalized spacial score (nSPS) is 15.4. The summed E-state index contributed by atoms with van der Waals surface area (Å²) < 4.78 is 7.58. The minimum absolute atomic E-state index is 0.0876. The fourth-order valence-electron chi connectivity index (χ4n) is 4.30. The minimum Gasteiger partial charge on any atom is -0.378 e. The molecular weight excluding hydrogens is 376 g/mol. The lowest BCUT2D eigenvalue weighted by Gasteiger charge is -2.32. The molecule has 1 fully saturated rings. The van der Waals surface area contributed by atoms with E-state index in [9.17, 15) is 4.79 Å². The Morgan fingerprint density at radius 3 is 2.60 bits per heavy atom. The van der Waals surface area contributed by atoms with Crippen LogP contribution >= 0.6 is 0 Å². The smallest absolute Gasteiger partial charge is 0.245 e. The minimum atomic E-state index is -0.312. The standard InChI is InChI=1S/C24H30N4O2/c1-4-23-25-20-10-6-8-12-22(20)28(23)18(2)24(29)26(3)17-19-9-5-7-11-21(19)27-13-15-30-16-14-27/h5-12,18H,4,13-17H2,1-3H3/t18-/m0/s1. The Balaban J connectivity index is 1.57. The van der Waals surface area contributed by atoms with Crippen molar-refractivity contribution in [3.63, 3.8) is 0 Å². The molecule has 30 heavy (non-hydrogen) atoms. The highest BCUT2D eigenvalue weighted by atomic mass is 16.5. The number of aryl methyl sites for hydroxylation is 1. The van der Waals surface area contributed by atoms with Crippen LogP contribution in [0.25, 0.3) is 11.0 Å². The molecule has 0 spiro atoms. The molecule has 3 aromatic rings. The zero-order valence-electron chi connectivity index (χ0n) is 18.0. The van der Waals surface area contributed by atoms with Gasteiger partial charge in [0.25, 0.3) is 0 Å². The van der Waals surface area contributed by atoms with Crippen LogP contribution in [0.3, 0.4) is 0 Å². The quantitative estimate of drug-likeness (QED) is 0.627. The predicted molar refractivity (Wildman–Crippen MR) is 120 cm³/mol. The lowest BCUT2D eigenvalue weighted by molar-refractivity contribution is -0.133. The summed E-state index contributed by atoms with van der Waals surface area (Å²) in [7, 11) is 1.89. The largest absolute Gasteiger partial charge is 0.378 e. The predicted octanol–water partition coefficient (Wildman–Crippen LogP) is 3.65. The van der Waals surface area contributed by atoms with E-state index in [0.29, 0.717) is 6.54 Å². The molecule has 2 heterocycles. The van der Waals surface area contributed by atoms with E-state index in [4.69, 9.17) is 9.72 Å². The number of likely N-dealkylation sites (N-methyl/N-ethyl adjacent to an activating group) is 1. The van der Waals surface area contributed by atoms with Crippen molar-refractivity contribution >= 4 is 22.6 Å². The third-order valence-electron chi connectivity index (χ3n) is 5.86. The van der Waals surface area contributed by atoms with Crippen LogP contribution < -0.4 is 4.90 Å². The molecule has 158 valence electrons. The van der Waals surface area contributed by atoms with Crippen molar-refractivity contribution in [2.45, 2.75) is 32.9 Å². The van der Waals surface area contributed by atoms with Crippen molar-refractivity contribution in [1.29, 1.82) is 0 Å². The average Bonchev–Trinajstić information content (AvgIpc) is 3.17. The number of imidazole rings is 1. The number of morpholine rings is 1. The molecule has 0 unspecified atom stereocenters. The second-order valence-electron chi connectivity index (χ2n) is 7.84. The number of carbonyl (C=O) groups excluding carboxylic acids is 1. The topological polar surface area (TPSA) is 50.6 Å². The summed E-state index contributed by atoms with van der Waals surface area (Å²) in [5.41, 5.74) is 4.30. The molecule has 0 saturated carbocycles. The van der Waals surface area contributed by atoms with Gasteiger partial charge in [-0.15, -0.1) is 0 Å². The van der Waals surface area contributed by atoms with Gasteiger partial charge in [-0.1, -0.05) is 37.3 Å². The highest BCUT2D eigenvalue weighted by Gasteiger charge is 2.24. The Morgan fingerprint density at radius 2 is 1.83 bits per heavy atom. The number of nitrogens with zero attached hydrogens (tertiary/aromatic N) is 4. The number of fused-ring (bicyclic) bond motifs is 1. The summed E-state index contributed by atoms with van der Waals surface area (Å²) in [6.07, 6.45) is 0.788. The maximum atomic E-state index is 13.4. The van der Waals surface area contributed by atoms with Gasteiger partial charge in [0.15, 0.2) is 0 Å². The van der Waals surface area contributed by atoms with Crippen LogP contribution in [0.15, 0.2) is 48.5 Å². The molecule has 1 aliphatic rings. The molecule has 6 heteroatoms. The van der Waals surface area contributed by atoms with Crippen molar-refractivity contribution in [2.24, 2.45) is 0 Å². The first-order chi connectivity index (χ1) is 14.6. The van der Waals surface area contributed by atoms with Crippen LogP contribution in [-0.4, -0.2) is 53.7 Å². The van der Waals surface area contributed by atoms with Gasteiger partial charge in [0.05, 0.1) is 24.2 Å². The monoisotopic (exact) mass is 406 g/mol. The number of hydrogen-bond donors (Lipinski definition) is 0. The van der Waals surface area contributed by atoms with Gasteiger partial charge in [0, 0.05) is 38.8 Å². The zero-order valence-corrected chi connectivity index (χ0v) is 18.0. The van der Waals surface area contributed by atoms with E-state index in [0.717, 1.165) is 55.1 Å². The summed E-state index contributed by atoms with van der Waals surface area (Å²) in [5, 5.41) is 0. The maximum absolute atomic E-state index is 13.4. The van der Waals surface area contributed by atoms with Gasteiger partial charge in [0.1, 0.15) is 11.9 Å². The summed E-state index contributed by atoms with van der Waals surface area (Å²) in [4.78, 5) is 22.3. The Hall–Kier alpha value is -2.86. The number of para-hydroxylation sites is 3. The zero-order chi connectivity index (χ0) is 21.1. The van der Waals surface area contributed by atoms with Crippen molar-refractivity contribution in [3.05, 3.63) is 59.9 Å². The molecule has 1 atom stereocenters. The first kappa shape index (κ1) is 20.4. The van der Waals surface area contributed by atoms with Gasteiger partial charge >= 0.3 is 0 Å². The summed E-state index contributed by atoms with van der Waals surface area (Å²) in [6, 6.07) is 16.1. The van der Waals surface area contributed by atoms with Gasteiger partial charge in [-0.05, 0) is 30.7 Å². The number of rotatable bonds is 6. The number of anilines is 1. The van der Waals surface area contributed by atoms with E-state index in [1.165, 1.54) is 5.69 Å². The third-order valence-corrected chi connectivity index (χ3v) is 5.86. The number of hydrogen-bond acceptors (Lipinski definition) is 4. The average molecular weight is 407 g/mol. The fraction of sp³-hybridized carbons (Fsp3) is 0.417. The molecule has 0 radical (unpaired) electrons. The SMILES string of the molecule is CCc1nc2ccccc2n1[C@@H](C)C(=O)N(C)Cc1ccccc1N1CCOCC1. The van der Waals surface area contributed by atoms with E-state index < -0.39 is 0 Å². The highest BCUT2D eigenvalue weighted by molar-refractivity contribution is 5.84. The van der Waals surface area contributed by atoms with Crippen LogP contribution in [-0.2, 0) is 22.5 Å². The second-order valence-corrected chi connectivity index (χ2v) is 7.84. The first-order valence-electron chi connectivity index (χ1n) is 10.7. The van der Waals surface area contributed by atoms with Gasteiger partial charge < -0.3 is 19.1 Å². The fourth-order valence-corrected chi connectivity index (χ4v) is 4.30. The summed E-state index contributed by atoms with van der Waals surface area (Å²) >= 11 is 0. The molecule has 0 aliphatic carbocycles. The maximum Gasteiger partial charge on any atom is 0.245 e. The lowest BCUT2D eigenvalue weighted by Crippen LogP contribution is -2.38. The van der Waals surface area contributed by atoms with Crippen LogP contribution in [0.1, 0.15) is 31.3 Å². The van der Waals surface area contributed by atoms with Crippen molar-refractivity contribution in [1.82, 2.24) is 14.5 Å². The Bertz CT molecular complexity index is 1020. The van der Waals surface area contributed by atoms with E-state index >= 15 is 0 Å². The molecule has 1 aliphatic heterocycles. The Kier molecular flexibility index (Phi) is 6.04. The number of ether oxygens (including phenoxy) is 1. The number of benzene rings is 2. The van der Waals surface area contributed by atoms with Crippen molar-refractivity contribution in [2.75, 3.05) is 38.3 Å².